The van der Waals surface area contributed by atoms with Gasteiger partial charge in [-0.05, 0) is 32.7 Å². The van der Waals surface area contributed by atoms with Gasteiger partial charge in [-0.2, -0.15) is 0 Å². The van der Waals surface area contributed by atoms with Crippen molar-refractivity contribution in [3.8, 4) is 0 Å². The molecule has 1 saturated heterocycles. The molecule has 3 nitrogen and oxygen atoms in total. The first-order valence-electron chi connectivity index (χ1n) is 6.04. The summed E-state index contributed by atoms with van der Waals surface area (Å²) in [7, 11) is 2.19. The molecule has 0 spiro atoms. The van der Waals surface area contributed by atoms with E-state index in [0.29, 0.717) is 18.5 Å². The molecule has 1 heterocycles. The zero-order valence-corrected chi connectivity index (χ0v) is 10.6. The highest BCUT2D eigenvalue weighted by Gasteiger charge is 2.38. The SMILES string of the molecule is CC(C)C(C)N(C)C1(CN)CCCOC1. The minimum atomic E-state index is 0.0714. The van der Waals surface area contributed by atoms with E-state index in [1.807, 2.05) is 0 Å². The lowest BCUT2D eigenvalue weighted by atomic mass is 9.88. The Balaban J connectivity index is 2.71. The third kappa shape index (κ3) is 2.71. The van der Waals surface area contributed by atoms with E-state index in [4.69, 9.17) is 10.5 Å². The number of nitrogens with zero attached hydrogens (tertiary/aromatic N) is 1. The summed E-state index contributed by atoms with van der Waals surface area (Å²) in [4.78, 5) is 2.43. The zero-order valence-electron chi connectivity index (χ0n) is 10.6. The average Bonchev–Trinajstić information content (AvgIpc) is 2.27. The van der Waals surface area contributed by atoms with Crippen molar-refractivity contribution in [3.63, 3.8) is 0 Å². The van der Waals surface area contributed by atoms with E-state index in [2.05, 4.69) is 32.7 Å². The Hall–Kier alpha value is -0.120. The lowest BCUT2D eigenvalue weighted by Gasteiger charge is -2.47. The number of rotatable bonds is 4. The van der Waals surface area contributed by atoms with Crippen molar-refractivity contribution in [2.45, 2.75) is 45.2 Å². The standard InChI is InChI=1S/C12H26N2O/c1-10(2)11(3)14(4)12(8-13)6-5-7-15-9-12/h10-11H,5-9,13H2,1-4H3. The Bertz CT molecular complexity index is 188. The number of ether oxygens (including phenoxy) is 1. The molecule has 2 unspecified atom stereocenters. The second kappa shape index (κ2) is 5.28. The molecule has 3 heteroatoms. The van der Waals surface area contributed by atoms with Crippen LogP contribution in [-0.2, 0) is 4.74 Å². The quantitative estimate of drug-likeness (QED) is 0.770. The van der Waals surface area contributed by atoms with Crippen LogP contribution in [0.2, 0.25) is 0 Å². The van der Waals surface area contributed by atoms with Gasteiger partial charge >= 0.3 is 0 Å². The van der Waals surface area contributed by atoms with Gasteiger partial charge in [0.1, 0.15) is 0 Å². The van der Waals surface area contributed by atoms with Crippen LogP contribution in [0.4, 0.5) is 0 Å². The lowest BCUT2D eigenvalue weighted by Crippen LogP contribution is -2.60. The first-order valence-corrected chi connectivity index (χ1v) is 6.04. The van der Waals surface area contributed by atoms with Crippen LogP contribution in [0, 0.1) is 5.92 Å². The smallest absolute Gasteiger partial charge is 0.0662 e. The normalized spacial score (nSPS) is 29.8. The summed E-state index contributed by atoms with van der Waals surface area (Å²) in [6.45, 7) is 9.17. The Kier molecular flexibility index (Phi) is 4.56. The number of hydrogen-bond donors (Lipinski definition) is 1. The van der Waals surface area contributed by atoms with Crippen molar-refractivity contribution in [1.29, 1.82) is 0 Å². The highest BCUT2D eigenvalue weighted by atomic mass is 16.5. The lowest BCUT2D eigenvalue weighted by molar-refractivity contribution is -0.0548. The van der Waals surface area contributed by atoms with Crippen molar-refractivity contribution in [2.24, 2.45) is 11.7 Å². The summed E-state index contributed by atoms with van der Waals surface area (Å²) < 4.78 is 5.61. The fourth-order valence-electron chi connectivity index (χ4n) is 2.30. The predicted molar refractivity (Wildman–Crippen MR) is 63.9 cm³/mol. The maximum atomic E-state index is 5.96. The van der Waals surface area contributed by atoms with Gasteiger partial charge in [-0.15, -0.1) is 0 Å². The third-order valence-electron chi connectivity index (χ3n) is 4.01. The topological polar surface area (TPSA) is 38.5 Å². The van der Waals surface area contributed by atoms with Crippen LogP contribution in [-0.4, -0.2) is 43.3 Å². The molecule has 0 radical (unpaired) electrons. The fourth-order valence-corrected chi connectivity index (χ4v) is 2.30. The molecule has 0 bridgehead atoms. The molecule has 1 aliphatic rings. The molecule has 0 aromatic carbocycles. The molecule has 1 fully saturated rings. The van der Waals surface area contributed by atoms with Crippen molar-refractivity contribution < 1.29 is 4.74 Å². The van der Waals surface area contributed by atoms with Gasteiger partial charge in [0.15, 0.2) is 0 Å². The van der Waals surface area contributed by atoms with Crippen LogP contribution in [0.1, 0.15) is 33.6 Å². The van der Waals surface area contributed by atoms with Crippen LogP contribution >= 0.6 is 0 Å². The Morgan fingerprint density at radius 1 is 1.40 bits per heavy atom. The van der Waals surface area contributed by atoms with Crippen LogP contribution in [0.5, 0.6) is 0 Å². The first-order chi connectivity index (χ1) is 7.03. The summed E-state index contributed by atoms with van der Waals surface area (Å²) in [5.74, 6) is 0.653. The van der Waals surface area contributed by atoms with E-state index in [1.54, 1.807) is 0 Å². The molecule has 90 valence electrons. The molecule has 0 aromatic rings. The van der Waals surface area contributed by atoms with Gasteiger partial charge in [0.2, 0.25) is 0 Å². The monoisotopic (exact) mass is 214 g/mol. The molecule has 1 aliphatic heterocycles. The van der Waals surface area contributed by atoms with E-state index in [9.17, 15) is 0 Å². The van der Waals surface area contributed by atoms with Crippen LogP contribution in [0.25, 0.3) is 0 Å². The van der Waals surface area contributed by atoms with E-state index in [1.165, 1.54) is 0 Å². The van der Waals surface area contributed by atoms with E-state index in [-0.39, 0.29) is 5.54 Å². The summed E-state index contributed by atoms with van der Waals surface area (Å²) in [6.07, 6.45) is 2.30. The number of likely N-dealkylation sites (N-methyl/N-ethyl adjacent to an activating group) is 1. The molecule has 1 rings (SSSR count). The van der Waals surface area contributed by atoms with Gasteiger partial charge in [-0.3, -0.25) is 4.90 Å². The van der Waals surface area contributed by atoms with Gasteiger partial charge in [0.25, 0.3) is 0 Å². The molecular weight excluding hydrogens is 188 g/mol. The van der Waals surface area contributed by atoms with Gasteiger partial charge in [0.05, 0.1) is 12.1 Å². The average molecular weight is 214 g/mol. The van der Waals surface area contributed by atoms with Crippen molar-refractivity contribution in [2.75, 3.05) is 26.8 Å². The molecule has 0 aromatic heterocycles. The minimum absolute atomic E-state index is 0.0714. The van der Waals surface area contributed by atoms with Gasteiger partial charge < -0.3 is 10.5 Å². The Morgan fingerprint density at radius 2 is 2.07 bits per heavy atom. The maximum Gasteiger partial charge on any atom is 0.0662 e. The van der Waals surface area contributed by atoms with Crippen molar-refractivity contribution >= 4 is 0 Å². The molecule has 0 saturated carbocycles. The van der Waals surface area contributed by atoms with Crippen molar-refractivity contribution in [3.05, 3.63) is 0 Å². The summed E-state index contributed by atoms with van der Waals surface area (Å²) in [5.41, 5.74) is 6.03. The molecular formula is C12H26N2O. The third-order valence-corrected chi connectivity index (χ3v) is 4.01. The Labute approximate surface area is 94.0 Å². The molecule has 2 atom stereocenters. The highest BCUT2D eigenvalue weighted by Crippen LogP contribution is 2.27. The molecule has 2 N–H and O–H groups in total. The summed E-state index contributed by atoms with van der Waals surface area (Å²) in [5, 5.41) is 0. The van der Waals surface area contributed by atoms with Crippen LogP contribution < -0.4 is 5.73 Å². The largest absolute Gasteiger partial charge is 0.379 e. The second-order valence-corrected chi connectivity index (χ2v) is 5.18. The molecule has 0 aliphatic carbocycles. The van der Waals surface area contributed by atoms with E-state index < -0.39 is 0 Å². The van der Waals surface area contributed by atoms with Crippen molar-refractivity contribution in [1.82, 2.24) is 4.90 Å². The first kappa shape index (κ1) is 12.9. The number of nitrogens with two attached hydrogens (primary N) is 1. The van der Waals surface area contributed by atoms with Crippen LogP contribution in [0.15, 0.2) is 0 Å². The Morgan fingerprint density at radius 3 is 2.47 bits per heavy atom. The van der Waals surface area contributed by atoms with Crippen LogP contribution in [0.3, 0.4) is 0 Å². The maximum absolute atomic E-state index is 5.96. The fraction of sp³-hybridized carbons (Fsp3) is 1.00. The second-order valence-electron chi connectivity index (χ2n) is 5.18. The van der Waals surface area contributed by atoms with E-state index >= 15 is 0 Å². The van der Waals surface area contributed by atoms with E-state index in [0.717, 1.165) is 26.1 Å². The zero-order chi connectivity index (χ0) is 11.5. The van der Waals surface area contributed by atoms with Gasteiger partial charge in [-0.25, -0.2) is 0 Å². The summed E-state index contributed by atoms with van der Waals surface area (Å²) >= 11 is 0. The van der Waals surface area contributed by atoms with Gasteiger partial charge in [0, 0.05) is 19.2 Å². The predicted octanol–water partition coefficient (Wildman–Crippen LogP) is 1.47. The molecule has 15 heavy (non-hydrogen) atoms. The molecule has 0 amide bonds. The number of hydrogen-bond acceptors (Lipinski definition) is 3. The highest BCUT2D eigenvalue weighted by molar-refractivity contribution is 4.94. The summed E-state index contributed by atoms with van der Waals surface area (Å²) in [6, 6.07) is 0.551. The van der Waals surface area contributed by atoms with Gasteiger partial charge in [-0.1, -0.05) is 13.8 Å². The minimum Gasteiger partial charge on any atom is -0.379 e.